The number of aryl methyl sites for hydroxylation is 1. The molecule has 0 radical (unpaired) electrons. The van der Waals surface area contributed by atoms with Crippen molar-refractivity contribution in [3.8, 4) is 11.6 Å². The van der Waals surface area contributed by atoms with E-state index in [0.717, 1.165) is 24.4 Å². The molecule has 0 amide bonds. The normalized spacial score (nSPS) is 11.8. The van der Waals surface area contributed by atoms with Gasteiger partial charge in [0.05, 0.1) is 0 Å². The summed E-state index contributed by atoms with van der Waals surface area (Å²) in [5, 5.41) is 11.5. The van der Waals surface area contributed by atoms with Crippen LogP contribution in [-0.2, 0) is 6.42 Å². The molecular formula is C14H20N4O. The van der Waals surface area contributed by atoms with Gasteiger partial charge in [-0.05, 0) is 39.8 Å². The summed E-state index contributed by atoms with van der Waals surface area (Å²) in [5.74, 6) is 1.12. The van der Waals surface area contributed by atoms with Crippen LogP contribution in [0.1, 0.15) is 32.4 Å². The van der Waals surface area contributed by atoms with Gasteiger partial charge in [-0.2, -0.15) is 0 Å². The van der Waals surface area contributed by atoms with Crippen LogP contribution in [0.15, 0.2) is 22.6 Å². The maximum absolute atomic E-state index is 5.61. The quantitative estimate of drug-likeness (QED) is 0.914. The number of nitrogens with zero attached hydrogens (tertiary/aromatic N) is 3. The van der Waals surface area contributed by atoms with Crippen molar-refractivity contribution in [3.63, 3.8) is 0 Å². The van der Waals surface area contributed by atoms with Crippen molar-refractivity contribution in [3.05, 3.63) is 29.8 Å². The number of nitrogens with one attached hydrogen (secondary N) is 1. The van der Waals surface area contributed by atoms with Crippen LogP contribution in [0.2, 0.25) is 0 Å². The fourth-order valence-corrected chi connectivity index (χ4v) is 1.66. The smallest absolute Gasteiger partial charge is 0.266 e. The minimum absolute atomic E-state index is 0.0982. The Kier molecular flexibility index (Phi) is 3.95. The molecule has 19 heavy (non-hydrogen) atoms. The first kappa shape index (κ1) is 13.7. The van der Waals surface area contributed by atoms with Crippen LogP contribution < -0.4 is 5.32 Å². The van der Waals surface area contributed by atoms with E-state index in [1.807, 2.05) is 25.1 Å². The summed E-state index contributed by atoms with van der Waals surface area (Å²) in [6, 6.07) is 5.74. The predicted molar refractivity (Wildman–Crippen MR) is 73.7 cm³/mol. The Labute approximate surface area is 113 Å². The minimum atomic E-state index is 0.0982. The highest BCUT2D eigenvalue weighted by molar-refractivity contribution is 5.45. The summed E-state index contributed by atoms with van der Waals surface area (Å²) in [7, 11) is 0. The van der Waals surface area contributed by atoms with Gasteiger partial charge in [-0.25, -0.2) is 4.98 Å². The fourth-order valence-electron chi connectivity index (χ4n) is 1.66. The fraction of sp³-hybridized carbons (Fsp3) is 0.500. The summed E-state index contributed by atoms with van der Waals surface area (Å²) in [6.07, 6.45) is 0.718. The van der Waals surface area contributed by atoms with Crippen LogP contribution in [0.25, 0.3) is 11.6 Å². The van der Waals surface area contributed by atoms with Crippen molar-refractivity contribution >= 4 is 0 Å². The summed E-state index contributed by atoms with van der Waals surface area (Å²) in [4.78, 5) is 4.36. The molecule has 2 heterocycles. The van der Waals surface area contributed by atoms with Gasteiger partial charge in [-0.15, -0.1) is 10.2 Å². The van der Waals surface area contributed by atoms with E-state index in [0.29, 0.717) is 11.8 Å². The van der Waals surface area contributed by atoms with Crippen molar-refractivity contribution < 1.29 is 4.42 Å². The lowest BCUT2D eigenvalue weighted by Crippen LogP contribution is -2.37. The molecule has 2 aromatic heterocycles. The summed E-state index contributed by atoms with van der Waals surface area (Å²) in [5.41, 5.74) is 1.76. The van der Waals surface area contributed by atoms with Gasteiger partial charge in [-0.1, -0.05) is 6.07 Å². The Balaban J connectivity index is 1.99. The van der Waals surface area contributed by atoms with Gasteiger partial charge in [0.1, 0.15) is 5.69 Å². The lowest BCUT2D eigenvalue weighted by molar-refractivity contribution is 0.411. The van der Waals surface area contributed by atoms with Crippen molar-refractivity contribution in [1.29, 1.82) is 0 Å². The molecule has 0 spiro atoms. The third-order valence-corrected chi connectivity index (χ3v) is 2.57. The van der Waals surface area contributed by atoms with E-state index in [2.05, 4.69) is 41.3 Å². The molecule has 102 valence electrons. The second kappa shape index (κ2) is 5.48. The number of aromatic nitrogens is 3. The zero-order chi connectivity index (χ0) is 13.9. The van der Waals surface area contributed by atoms with Crippen LogP contribution in [0.5, 0.6) is 0 Å². The van der Waals surface area contributed by atoms with Crippen molar-refractivity contribution in [2.75, 3.05) is 6.54 Å². The molecule has 0 aromatic carbocycles. The Morgan fingerprint density at radius 1 is 1.21 bits per heavy atom. The topological polar surface area (TPSA) is 63.8 Å². The number of hydrogen-bond donors (Lipinski definition) is 1. The zero-order valence-corrected chi connectivity index (χ0v) is 11.9. The standard InChI is InChI=1S/C14H20N4O/c1-10-6-5-7-11(16-10)13-18-17-12(19-13)8-9-15-14(2,3)4/h5-7,15H,8-9H2,1-4H3. The van der Waals surface area contributed by atoms with Gasteiger partial charge in [0.25, 0.3) is 5.89 Å². The van der Waals surface area contributed by atoms with Crippen molar-refractivity contribution in [2.24, 2.45) is 0 Å². The highest BCUT2D eigenvalue weighted by Gasteiger charge is 2.12. The van der Waals surface area contributed by atoms with Crippen LogP contribution >= 0.6 is 0 Å². The first-order valence-corrected chi connectivity index (χ1v) is 6.45. The van der Waals surface area contributed by atoms with Crippen molar-refractivity contribution in [1.82, 2.24) is 20.5 Å². The molecule has 0 bridgehead atoms. The number of hydrogen-bond acceptors (Lipinski definition) is 5. The van der Waals surface area contributed by atoms with Gasteiger partial charge in [0.15, 0.2) is 0 Å². The third-order valence-electron chi connectivity index (χ3n) is 2.57. The molecule has 0 fully saturated rings. The molecule has 0 aliphatic rings. The zero-order valence-electron chi connectivity index (χ0n) is 11.9. The third kappa shape index (κ3) is 4.13. The predicted octanol–water partition coefficient (Wildman–Crippen LogP) is 2.37. The molecule has 2 rings (SSSR count). The molecule has 0 atom stereocenters. The van der Waals surface area contributed by atoms with E-state index in [-0.39, 0.29) is 5.54 Å². The molecule has 0 unspecified atom stereocenters. The van der Waals surface area contributed by atoms with Crippen LogP contribution in [0, 0.1) is 6.92 Å². The van der Waals surface area contributed by atoms with Crippen LogP contribution in [0.3, 0.4) is 0 Å². The van der Waals surface area contributed by atoms with Crippen LogP contribution in [-0.4, -0.2) is 27.3 Å². The molecule has 0 saturated carbocycles. The maximum atomic E-state index is 5.61. The largest absolute Gasteiger partial charge is 0.419 e. The van der Waals surface area contributed by atoms with Gasteiger partial charge in [-0.3, -0.25) is 0 Å². The molecule has 0 aliphatic heterocycles. The lowest BCUT2D eigenvalue weighted by Gasteiger charge is -2.19. The molecule has 0 aliphatic carbocycles. The van der Waals surface area contributed by atoms with E-state index in [4.69, 9.17) is 4.42 Å². The lowest BCUT2D eigenvalue weighted by atomic mass is 10.1. The Bertz CT molecular complexity index is 542. The number of rotatable bonds is 4. The van der Waals surface area contributed by atoms with Gasteiger partial charge in [0, 0.05) is 24.2 Å². The summed E-state index contributed by atoms with van der Waals surface area (Å²) >= 11 is 0. The van der Waals surface area contributed by atoms with E-state index in [9.17, 15) is 0 Å². The van der Waals surface area contributed by atoms with E-state index in [1.54, 1.807) is 0 Å². The summed E-state index contributed by atoms with van der Waals surface area (Å²) < 4.78 is 5.61. The van der Waals surface area contributed by atoms with Gasteiger partial charge >= 0.3 is 0 Å². The highest BCUT2D eigenvalue weighted by atomic mass is 16.4. The van der Waals surface area contributed by atoms with Crippen molar-refractivity contribution in [2.45, 2.75) is 39.7 Å². The molecular weight excluding hydrogens is 240 g/mol. The molecule has 5 heteroatoms. The summed E-state index contributed by atoms with van der Waals surface area (Å²) in [6.45, 7) is 9.13. The monoisotopic (exact) mass is 260 g/mol. The molecule has 1 N–H and O–H groups in total. The second-order valence-corrected chi connectivity index (χ2v) is 5.59. The van der Waals surface area contributed by atoms with Crippen LogP contribution in [0.4, 0.5) is 0 Å². The Morgan fingerprint density at radius 3 is 2.68 bits per heavy atom. The maximum Gasteiger partial charge on any atom is 0.266 e. The van der Waals surface area contributed by atoms with E-state index >= 15 is 0 Å². The first-order valence-electron chi connectivity index (χ1n) is 6.45. The Morgan fingerprint density at radius 2 is 2.00 bits per heavy atom. The van der Waals surface area contributed by atoms with E-state index in [1.165, 1.54) is 0 Å². The average molecular weight is 260 g/mol. The van der Waals surface area contributed by atoms with E-state index < -0.39 is 0 Å². The molecule has 0 saturated heterocycles. The number of pyridine rings is 1. The SMILES string of the molecule is Cc1cccc(-c2nnc(CCNC(C)(C)C)o2)n1. The minimum Gasteiger partial charge on any atom is -0.419 e. The van der Waals surface area contributed by atoms with Gasteiger partial charge < -0.3 is 9.73 Å². The van der Waals surface area contributed by atoms with Gasteiger partial charge in [0.2, 0.25) is 5.89 Å². The molecule has 5 nitrogen and oxygen atoms in total. The first-order chi connectivity index (χ1) is 8.94. The highest BCUT2D eigenvalue weighted by Crippen LogP contribution is 2.15. The molecule has 2 aromatic rings. The Hall–Kier alpha value is -1.75. The average Bonchev–Trinajstić information content (AvgIpc) is 2.76. The second-order valence-electron chi connectivity index (χ2n) is 5.59.